The van der Waals surface area contributed by atoms with E-state index in [1.54, 1.807) is 6.07 Å². The fourth-order valence-electron chi connectivity index (χ4n) is 1.69. The number of rotatable bonds is 2. The highest BCUT2D eigenvalue weighted by Gasteiger charge is 2.21. The molecule has 1 atom stereocenters. The normalized spacial score (nSPS) is 20.9. The molecule has 0 spiro atoms. The van der Waals surface area contributed by atoms with Gasteiger partial charge < -0.3 is 14.4 Å². The van der Waals surface area contributed by atoms with Gasteiger partial charge in [0.25, 0.3) is 0 Å². The number of morpholine rings is 1. The van der Waals surface area contributed by atoms with Crippen molar-refractivity contribution in [2.24, 2.45) is 0 Å². The van der Waals surface area contributed by atoms with E-state index in [9.17, 15) is 0 Å². The molecule has 0 amide bonds. The first-order valence-corrected chi connectivity index (χ1v) is 5.51. The SMILES string of the molecule is COc1nc(Cl)cc(N2CCOC[C@H]2C)n1. The maximum atomic E-state index is 5.91. The number of hydrogen-bond donors (Lipinski definition) is 0. The fourth-order valence-corrected chi connectivity index (χ4v) is 1.86. The lowest BCUT2D eigenvalue weighted by atomic mass is 10.2. The number of nitrogens with zero attached hydrogens (tertiary/aromatic N) is 3. The second-order valence-electron chi connectivity index (χ2n) is 3.65. The van der Waals surface area contributed by atoms with Gasteiger partial charge in [-0.25, -0.2) is 0 Å². The van der Waals surface area contributed by atoms with Crippen molar-refractivity contribution >= 4 is 17.4 Å². The molecule has 0 bridgehead atoms. The second-order valence-corrected chi connectivity index (χ2v) is 4.04. The zero-order valence-electron chi connectivity index (χ0n) is 9.31. The van der Waals surface area contributed by atoms with Crippen LogP contribution in [0.15, 0.2) is 6.07 Å². The van der Waals surface area contributed by atoms with Crippen molar-refractivity contribution in [2.75, 3.05) is 31.8 Å². The average Bonchev–Trinajstić information content (AvgIpc) is 2.28. The molecular weight excluding hydrogens is 230 g/mol. The van der Waals surface area contributed by atoms with Crippen LogP contribution >= 0.6 is 11.6 Å². The summed E-state index contributed by atoms with van der Waals surface area (Å²) in [6, 6.07) is 2.32. The maximum absolute atomic E-state index is 5.91. The van der Waals surface area contributed by atoms with Crippen molar-refractivity contribution in [3.8, 4) is 6.01 Å². The predicted octanol–water partition coefficient (Wildman–Crippen LogP) is 1.36. The highest BCUT2D eigenvalue weighted by atomic mass is 35.5. The van der Waals surface area contributed by atoms with Gasteiger partial charge in [-0.3, -0.25) is 0 Å². The molecule has 1 saturated heterocycles. The van der Waals surface area contributed by atoms with Crippen molar-refractivity contribution in [1.29, 1.82) is 0 Å². The third-order valence-corrected chi connectivity index (χ3v) is 2.70. The minimum absolute atomic E-state index is 0.282. The Balaban J connectivity index is 2.27. The topological polar surface area (TPSA) is 47.5 Å². The number of hydrogen-bond acceptors (Lipinski definition) is 5. The Morgan fingerprint density at radius 3 is 3.06 bits per heavy atom. The monoisotopic (exact) mass is 243 g/mol. The molecule has 0 saturated carbocycles. The van der Waals surface area contributed by atoms with Gasteiger partial charge >= 0.3 is 6.01 Å². The van der Waals surface area contributed by atoms with Gasteiger partial charge in [-0.05, 0) is 6.92 Å². The minimum atomic E-state index is 0.282. The third-order valence-electron chi connectivity index (χ3n) is 2.51. The van der Waals surface area contributed by atoms with Crippen LogP contribution in [0.5, 0.6) is 6.01 Å². The molecule has 2 rings (SSSR count). The van der Waals surface area contributed by atoms with Crippen LogP contribution in [0.25, 0.3) is 0 Å². The number of ether oxygens (including phenoxy) is 2. The van der Waals surface area contributed by atoms with Crippen LogP contribution in [0, 0.1) is 0 Å². The van der Waals surface area contributed by atoms with Crippen LogP contribution in [-0.2, 0) is 4.74 Å². The molecule has 88 valence electrons. The fraction of sp³-hybridized carbons (Fsp3) is 0.600. The molecule has 0 N–H and O–H groups in total. The number of aromatic nitrogens is 2. The van der Waals surface area contributed by atoms with E-state index in [-0.39, 0.29) is 6.04 Å². The molecule has 5 nitrogen and oxygen atoms in total. The van der Waals surface area contributed by atoms with E-state index in [0.29, 0.717) is 24.4 Å². The van der Waals surface area contributed by atoms with Crippen molar-refractivity contribution in [3.63, 3.8) is 0 Å². The van der Waals surface area contributed by atoms with Crippen LogP contribution in [0.4, 0.5) is 5.82 Å². The summed E-state index contributed by atoms with van der Waals surface area (Å²) in [7, 11) is 1.53. The molecule has 2 heterocycles. The van der Waals surface area contributed by atoms with E-state index in [0.717, 1.165) is 12.4 Å². The smallest absolute Gasteiger partial charge is 0.319 e. The molecule has 1 fully saturated rings. The summed E-state index contributed by atoms with van der Waals surface area (Å²) >= 11 is 5.91. The van der Waals surface area contributed by atoms with E-state index in [4.69, 9.17) is 21.1 Å². The van der Waals surface area contributed by atoms with E-state index < -0.39 is 0 Å². The lowest BCUT2D eigenvalue weighted by Crippen LogP contribution is -2.44. The van der Waals surface area contributed by atoms with Gasteiger partial charge in [-0.1, -0.05) is 11.6 Å². The molecule has 0 radical (unpaired) electrons. The molecule has 6 heteroatoms. The van der Waals surface area contributed by atoms with E-state index >= 15 is 0 Å². The summed E-state index contributed by atoms with van der Waals surface area (Å²) in [6.45, 7) is 4.29. The van der Waals surface area contributed by atoms with Gasteiger partial charge in [0, 0.05) is 12.6 Å². The first-order chi connectivity index (χ1) is 7.70. The first kappa shape index (κ1) is 11.4. The summed E-state index contributed by atoms with van der Waals surface area (Å²) in [5, 5.41) is 0.389. The summed E-state index contributed by atoms with van der Waals surface area (Å²) in [5.41, 5.74) is 0. The second kappa shape index (κ2) is 4.84. The van der Waals surface area contributed by atoms with Gasteiger partial charge in [0.15, 0.2) is 0 Å². The Morgan fingerprint density at radius 1 is 1.56 bits per heavy atom. The number of halogens is 1. The number of methoxy groups -OCH3 is 1. The largest absolute Gasteiger partial charge is 0.467 e. The molecule has 16 heavy (non-hydrogen) atoms. The molecule has 0 aromatic carbocycles. The summed E-state index contributed by atoms with van der Waals surface area (Å²) in [6.07, 6.45) is 0. The first-order valence-electron chi connectivity index (χ1n) is 5.13. The summed E-state index contributed by atoms with van der Waals surface area (Å²) in [4.78, 5) is 10.4. The van der Waals surface area contributed by atoms with E-state index in [1.807, 2.05) is 0 Å². The number of anilines is 1. The lowest BCUT2D eigenvalue weighted by Gasteiger charge is -2.34. The van der Waals surface area contributed by atoms with Crippen LogP contribution in [0.2, 0.25) is 5.15 Å². The Morgan fingerprint density at radius 2 is 2.38 bits per heavy atom. The van der Waals surface area contributed by atoms with Crippen molar-refractivity contribution in [1.82, 2.24) is 9.97 Å². The van der Waals surface area contributed by atoms with Gasteiger partial charge in [0.2, 0.25) is 0 Å². The Hall–Kier alpha value is -1.07. The van der Waals surface area contributed by atoms with E-state index in [2.05, 4.69) is 21.8 Å². The van der Waals surface area contributed by atoms with Crippen LogP contribution in [-0.4, -0.2) is 42.9 Å². The van der Waals surface area contributed by atoms with Crippen LogP contribution in [0.1, 0.15) is 6.92 Å². The molecule has 1 aliphatic heterocycles. The van der Waals surface area contributed by atoms with Crippen molar-refractivity contribution < 1.29 is 9.47 Å². The van der Waals surface area contributed by atoms with Crippen molar-refractivity contribution in [2.45, 2.75) is 13.0 Å². The van der Waals surface area contributed by atoms with Gasteiger partial charge in [-0.15, -0.1) is 0 Å². The highest BCUT2D eigenvalue weighted by Crippen LogP contribution is 2.22. The van der Waals surface area contributed by atoms with Crippen LogP contribution in [0.3, 0.4) is 0 Å². The summed E-state index contributed by atoms with van der Waals surface area (Å²) < 4.78 is 10.4. The Labute approximate surface area is 99.3 Å². The molecule has 0 unspecified atom stereocenters. The van der Waals surface area contributed by atoms with E-state index in [1.165, 1.54) is 7.11 Å². The lowest BCUT2D eigenvalue weighted by molar-refractivity contribution is 0.0984. The molecule has 0 aliphatic carbocycles. The predicted molar refractivity (Wildman–Crippen MR) is 61.2 cm³/mol. The quantitative estimate of drug-likeness (QED) is 0.734. The molecule has 1 aromatic rings. The Kier molecular flexibility index (Phi) is 3.46. The zero-order chi connectivity index (χ0) is 11.5. The molecule has 1 aliphatic rings. The zero-order valence-corrected chi connectivity index (χ0v) is 10.1. The highest BCUT2D eigenvalue weighted by molar-refractivity contribution is 6.29. The van der Waals surface area contributed by atoms with Gasteiger partial charge in [0.1, 0.15) is 11.0 Å². The molecular formula is C10H14ClN3O2. The average molecular weight is 244 g/mol. The third kappa shape index (κ3) is 2.36. The minimum Gasteiger partial charge on any atom is -0.467 e. The van der Waals surface area contributed by atoms with Crippen molar-refractivity contribution in [3.05, 3.63) is 11.2 Å². The standard InChI is InChI=1S/C10H14ClN3O2/c1-7-6-16-4-3-14(7)9-5-8(11)12-10(13-9)15-2/h5,7H,3-4,6H2,1-2H3/t7-/m1/s1. The van der Waals surface area contributed by atoms with Gasteiger partial charge in [0.05, 0.1) is 26.4 Å². The maximum Gasteiger partial charge on any atom is 0.319 e. The molecule has 1 aromatic heterocycles. The van der Waals surface area contributed by atoms with Gasteiger partial charge in [-0.2, -0.15) is 9.97 Å². The Bertz CT molecular complexity index is 375. The summed E-state index contributed by atoms with van der Waals surface area (Å²) in [5.74, 6) is 0.785. The van der Waals surface area contributed by atoms with Crippen LogP contribution < -0.4 is 9.64 Å².